The first-order valence-electron chi connectivity index (χ1n) is 9.84. The van der Waals surface area contributed by atoms with Crippen LogP contribution in [0.15, 0.2) is 60.9 Å². The fourth-order valence-electron chi connectivity index (χ4n) is 3.20. The van der Waals surface area contributed by atoms with Crippen LogP contribution in [0.25, 0.3) is 11.2 Å². The van der Waals surface area contributed by atoms with Crippen LogP contribution < -0.4 is 10.6 Å². The number of hydrogen-bond acceptors (Lipinski definition) is 5. The molecule has 0 radical (unpaired) electrons. The van der Waals surface area contributed by atoms with Gasteiger partial charge in [0.15, 0.2) is 17.0 Å². The molecule has 0 atom stereocenters. The van der Waals surface area contributed by atoms with Crippen molar-refractivity contribution in [1.29, 1.82) is 0 Å². The van der Waals surface area contributed by atoms with Crippen molar-refractivity contribution in [3.63, 3.8) is 0 Å². The highest BCUT2D eigenvalue weighted by Gasteiger charge is 2.29. The predicted molar refractivity (Wildman–Crippen MR) is 114 cm³/mol. The number of fused-ring (bicyclic) bond motifs is 1. The summed E-state index contributed by atoms with van der Waals surface area (Å²) in [6, 6.07) is 15.0. The molecule has 0 fully saturated rings. The predicted octanol–water partition coefficient (Wildman–Crippen LogP) is 4.94. The third-order valence-corrected chi connectivity index (χ3v) is 4.74. The number of benzene rings is 2. The summed E-state index contributed by atoms with van der Waals surface area (Å²) in [5, 5.41) is 6.43. The summed E-state index contributed by atoms with van der Waals surface area (Å²) < 4.78 is 40.2. The summed E-state index contributed by atoms with van der Waals surface area (Å²) in [4.78, 5) is 13.5. The van der Waals surface area contributed by atoms with E-state index in [1.54, 1.807) is 10.9 Å². The first kappa shape index (κ1) is 20.6. The lowest BCUT2D eigenvalue weighted by Crippen LogP contribution is -2.09. The summed E-state index contributed by atoms with van der Waals surface area (Å²) in [6.45, 7) is 3.51. The van der Waals surface area contributed by atoms with E-state index < -0.39 is 11.7 Å². The van der Waals surface area contributed by atoms with Crippen LogP contribution in [0.4, 0.5) is 24.9 Å². The van der Waals surface area contributed by atoms with Crippen LogP contribution in [0.2, 0.25) is 0 Å². The first-order chi connectivity index (χ1) is 14.9. The van der Waals surface area contributed by atoms with Crippen molar-refractivity contribution in [2.24, 2.45) is 0 Å². The number of alkyl halides is 3. The molecule has 0 amide bonds. The summed E-state index contributed by atoms with van der Waals surface area (Å²) in [6.07, 6.45) is -2.73. The van der Waals surface area contributed by atoms with Gasteiger partial charge in [0.1, 0.15) is 0 Å². The molecular weight excluding hydrogens is 405 g/mol. The van der Waals surface area contributed by atoms with Gasteiger partial charge in [-0.15, -0.1) is 0 Å². The van der Waals surface area contributed by atoms with Crippen LogP contribution in [0, 0.1) is 0 Å². The number of nitrogens with one attached hydrogen (secondary N) is 2. The molecular formula is C22H21F3N6. The standard InChI is InChI=1S/C22H21F3N6/c1-2-26-21-29-19(27-12-15-6-4-3-5-7-15)18-20(30-21)31(14-28-18)13-16-8-10-17(11-9-16)22(23,24)25/h3-11,14H,2,12-13H2,1H3,(H2,26,27,29,30). The largest absolute Gasteiger partial charge is 0.416 e. The van der Waals surface area contributed by atoms with Crippen LogP contribution in [0.1, 0.15) is 23.6 Å². The molecule has 2 N–H and O–H groups in total. The lowest BCUT2D eigenvalue weighted by atomic mass is 10.1. The molecule has 0 aliphatic heterocycles. The van der Waals surface area contributed by atoms with Gasteiger partial charge in [-0.2, -0.15) is 23.1 Å². The first-order valence-corrected chi connectivity index (χ1v) is 9.84. The molecule has 0 saturated carbocycles. The third kappa shape index (κ3) is 4.76. The fourth-order valence-corrected chi connectivity index (χ4v) is 3.20. The molecule has 0 aliphatic rings. The second-order valence-electron chi connectivity index (χ2n) is 7.00. The second-order valence-corrected chi connectivity index (χ2v) is 7.00. The van der Waals surface area contributed by atoms with Gasteiger partial charge in [-0.3, -0.25) is 0 Å². The Balaban J connectivity index is 1.63. The van der Waals surface area contributed by atoms with E-state index in [1.165, 1.54) is 12.1 Å². The number of nitrogens with zero attached hydrogens (tertiary/aromatic N) is 4. The zero-order chi connectivity index (χ0) is 21.8. The zero-order valence-corrected chi connectivity index (χ0v) is 16.8. The normalized spacial score (nSPS) is 11.6. The van der Waals surface area contributed by atoms with Gasteiger partial charge in [-0.25, -0.2) is 4.98 Å². The minimum Gasteiger partial charge on any atom is -0.364 e. The van der Waals surface area contributed by atoms with Crippen LogP contribution in [0.3, 0.4) is 0 Å². The maximum absolute atomic E-state index is 12.8. The van der Waals surface area contributed by atoms with Gasteiger partial charge in [0.05, 0.1) is 18.4 Å². The van der Waals surface area contributed by atoms with Crippen molar-refractivity contribution in [2.45, 2.75) is 26.2 Å². The molecule has 4 rings (SSSR count). The molecule has 31 heavy (non-hydrogen) atoms. The van der Waals surface area contributed by atoms with Gasteiger partial charge in [0.2, 0.25) is 5.95 Å². The Morgan fingerprint density at radius 3 is 2.32 bits per heavy atom. The Bertz CT molecular complexity index is 1150. The topological polar surface area (TPSA) is 67.7 Å². The van der Waals surface area contributed by atoms with Crippen LogP contribution >= 0.6 is 0 Å². The number of imidazole rings is 1. The van der Waals surface area contributed by atoms with Crippen molar-refractivity contribution in [3.8, 4) is 0 Å². The summed E-state index contributed by atoms with van der Waals surface area (Å²) in [5.41, 5.74) is 2.35. The lowest BCUT2D eigenvalue weighted by molar-refractivity contribution is -0.137. The van der Waals surface area contributed by atoms with Crippen molar-refractivity contribution in [1.82, 2.24) is 19.5 Å². The van der Waals surface area contributed by atoms with Crippen molar-refractivity contribution in [3.05, 3.63) is 77.6 Å². The summed E-state index contributed by atoms with van der Waals surface area (Å²) in [7, 11) is 0. The molecule has 2 aromatic carbocycles. The molecule has 160 valence electrons. The van der Waals surface area contributed by atoms with E-state index in [-0.39, 0.29) is 0 Å². The Kier molecular flexibility index (Phi) is 5.75. The van der Waals surface area contributed by atoms with Gasteiger partial charge in [0.25, 0.3) is 0 Å². The van der Waals surface area contributed by atoms with Crippen LogP contribution in [-0.4, -0.2) is 26.1 Å². The van der Waals surface area contributed by atoms with Gasteiger partial charge in [-0.05, 0) is 30.2 Å². The van der Waals surface area contributed by atoms with E-state index in [2.05, 4.69) is 25.6 Å². The summed E-state index contributed by atoms with van der Waals surface area (Å²) in [5.74, 6) is 1.05. The van der Waals surface area contributed by atoms with Crippen molar-refractivity contribution in [2.75, 3.05) is 17.2 Å². The number of halogens is 3. The monoisotopic (exact) mass is 426 g/mol. The second kappa shape index (κ2) is 8.63. The molecule has 6 nitrogen and oxygen atoms in total. The minimum atomic E-state index is -4.35. The molecule has 0 spiro atoms. The zero-order valence-electron chi connectivity index (χ0n) is 16.8. The van der Waals surface area contributed by atoms with E-state index in [9.17, 15) is 13.2 Å². The average molecular weight is 426 g/mol. The average Bonchev–Trinajstić information content (AvgIpc) is 3.15. The van der Waals surface area contributed by atoms with E-state index in [4.69, 9.17) is 0 Å². The van der Waals surface area contributed by atoms with E-state index in [0.29, 0.717) is 42.6 Å². The molecule has 0 saturated heterocycles. The minimum absolute atomic E-state index is 0.343. The number of rotatable bonds is 7. The SMILES string of the molecule is CCNc1nc(NCc2ccccc2)c2ncn(Cc3ccc(C(F)(F)F)cc3)c2n1. The smallest absolute Gasteiger partial charge is 0.364 e. The number of aromatic nitrogens is 4. The third-order valence-electron chi connectivity index (χ3n) is 4.74. The molecule has 0 bridgehead atoms. The van der Waals surface area contributed by atoms with Crippen molar-refractivity contribution >= 4 is 22.9 Å². The number of hydrogen-bond donors (Lipinski definition) is 2. The molecule has 4 aromatic rings. The highest BCUT2D eigenvalue weighted by molar-refractivity contribution is 5.84. The van der Waals surface area contributed by atoms with Gasteiger partial charge < -0.3 is 15.2 Å². The Labute approximate surface area is 177 Å². The van der Waals surface area contributed by atoms with E-state index in [0.717, 1.165) is 23.3 Å². The van der Waals surface area contributed by atoms with Crippen LogP contribution in [0.5, 0.6) is 0 Å². The van der Waals surface area contributed by atoms with Gasteiger partial charge in [-0.1, -0.05) is 42.5 Å². The highest BCUT2D eigenvalue weighted by Crippen LogP contribution is 2.29. The Morgan fingerprint density at radius 2 is 1.65 bits per heavy atom. The van der Waals surface area contributed by atoms with Crippen LogP contribution in [-0.2, 0) is 19.3 Å². The van der Waals surface area contributed by atoms with Gasteiger partial charge in [0, 0.05) is 13.1 Å². The van der Waals surface area contributed by atoms with E-state index >= 15 is 0 Å². The maximum Gasteiger partial charge on any atom is 0.416 e. The summed E-state index contributed by atoms with van der Waals surface area (Å²) >= 11 is 0. The lowest BCUT2D eigenvalue weighted by Gasteiger charge is -2.11. The Hall–Kier alpha value is -3.62. The molecule has 2 heterocycles. The number of anilines is 2. The van der Waals surface area contributed by atoms with Crippen molar-refractivity contribution < 1.29 is 13.2 Å². The fraction of sp³-hybridized carbons (Fsp3) is 0.227. The molecule has 2 aromatic heterocycles. The highest BCUT2D eigenvalue weighted by atomic mass is 19.4. The quantitative estimate of drug-likeness (QED) is 0.438. The molecule has 9 heteroatoms. The maximum atomic E-state index is 12.8. The van der Waals surface area contributed by atoms with Gasteiger partial charge >= 0.3 is 6.18 Å². The molecule has 0 aliphatic carbocycles. The Morgan fingerprint density at radius 1 is 0.903 bits per heavy atom. The van der Waals surface area contributed by atoms with E-state index in [1.807, 2.05) is 37.3 Å². The molecule has 0 unspecified atom stereocenters.